The van der Waals surface area contributed by atoms with E-state index in [-0.39, 0.29) is 5.75 Å². The van der Waals surface area contributed by atoms with Crippen molar-refractivity contribution in [2.75, 3.05) is 5.43 Å². The molecule has 0 bridgehead atoms. The van der Waals surface area contributed by atoms with Gasteiger partial charge in [0.15, 0.2) is 0 Å². The van der Waals surface area contributed by atoms with E-state index in [1.54, 1.807) is 19.1 Å². The van der Waals surface area contributed by atoms with Crippen LogP contribution in [0, 0.1) is 0 Å². The van der Waals surface area contributed by atoms with Crippen molar-refractivity contribution in [3.05, 3.63) is 54.1 Å². The van der Waals surface area contributed by atoms with E-state index in [1.165, 1.54) is 12.1 Å². The Bertz CT molecular complexity index is 812. The third-order valence-corrected chi connectivity index (χ3v) is 3.20. The van der Waals surface area contributed by atoms with Gasteiger partial charge in [-0.2, -0.15) is 13.9 Å². The van der Waals surface area contributed by atoms with Crippen LogP contribution in [-0.4, -0.2) is 22.3 Å². The fourth-order valence-corrected chi connectivity index (χ4v) is 2.10. The lowest BCUT2D eigenvalue weighted by molar-refractivity contribution is -0.0498. The third kappa shape index (κ3) is 3.63. The van der Waals surface area contributed by atoms with Gasteiger partial charge >= 0.3 is 6.61 Å². The molecule has 23 heavy (non-hydrogen) atoms. The number of hydrogen-bond donors (Lipinski definition) is 2. The minimum atomic E-state index is -2.85. The smallest absolute Gasteiger partial charge is 0.387 e. The largest absolute Gasteiger partial charge is 0.435 e. The Kier molecular flexibility index (Phi) is 4.18. The molecular weight excluding hydrogens is 302 g/mol. The summed E-state index contributed by atoms with van der Waals surface area (Å²) in [5.41, 5.74) is 5.84. The molecule has 0 amide bonds. The number of nitrogens with one attached hydrogen (secondary N) is 2. The number of benzene rings is 2. The SMILES string of the molecule is C/C(=N/Nc1nc2ccccc2[nH]1)c1cccc(OC(F)F)c1. The van der Waals surface area contributed by atoms with Crippen molar-refractivity contribution >= 4 is 22.7 Å². The van der Waals surface area contributed by atoms with Crippen LogP contribution in [0.25, 0.3) is 11.0 Å². The van der Waals surface area contributed by atoms with Gasteiger partial charge in [0, 0.05) is 5.56 Å². The van der Waals surface area contributed by atoms with Gasteiger partial charge in [-0.05, 0) is 31.2 Å². The first-order valence-electron chi connectivity index (χ1n) is 6.92. The van der Waals surface area contributed by atoms with Crippen LogP contribution in [0.3, 0.4) is 0 Å². The van der Waals surface area contributed by atoms with Crippen LogP contribution in [0.15, 0.2) is 53.6 Å². The Morgan fingerprint density at radius 1 is 1.22 bits per heavy atom. The highest BCUT2D eigenvalue weighted by atomic mass is 19.3. The van der Waals surface area contributed by atoms with E-state index in [2.05, 4.69) is 25.2 Å². The number of halogens is 2. The molecule has 2 aromatic carbocycles. The van der Waals surface area contributed by atoms with E-state index in [0.717, 1.165) is 11.0 Å². The van der Waals surface area contributed by atoms with Gasteiger partial charge < -0.3 is 9.72 Å². The molecule has 0 radical (unpaired) electrons. The standard InChI is InChI=1S/C16H14F2N4O/c1-10(11-5-4-6-12(9-11)23-15(17)18)21-22-16-19-13-7-2-3-8-14(13)20-16/h2-9,15H,1H3,(H2,19,20,22)/b21-10-. The number of imidazole rings is 1. The van der Waals surface area contributed by atoms with Crippen LogP contribution in [0.1, 0.15) is 12.5 Å². The molecule has 7 heteroatoms. The van der Waals surface area contributed by atoms with E-state index in [9.17, 15) is 8.78 Å². The molecule has 0 fully saturated rings. The first-order valence-corrected chi connectivity index (χ1v) is 6.92. The number of para-hydroxylation sites is 2. The van der Waals surface area contributed by atoms with Crippen LogP contribution in [0.5, 0.6) is 5.75 Å². The summed E-state index contributed by atoms with van der Waals surface area (Å²) in [6, 6.07) is 14.0. The molecule has 0 saturated carbocycles. The topological polar surface area (TPSA) is 62.3 Å². The van der Waals surface area contributed by atoms with Gasteiger partial charge in [0.25, 0.3) is 0 Å². The summed E-state index contributed by atoms with van der Waals surface area (Å²) in [5.74, 6) is 0.598. The average Bonchev–Trinajstić information content (AvgIpc) is 2.95. The fraction of sp³-hybridized carbons (Fsp3) is 0.125. The number of aromatic amines is 1. The number of fused-ring (bicyclic) bond motifs is 1. The minimum Gasteiger partial charge on any atom is -0.435 e. The Morgan fingerprint density at radius 2 is 2.04 bits per heavy atom. The Balaban J connectivity index is 1.76. The van der Waals surface area contributed by atoms with Crippen molar-refractivity contribution in [1.29, 1.82) is 0 Å². The first-order chi connectivity index (χ1) is 11.1. The van der Waals surface area contributed by atoms with E-state index < -0.39 is 6.61 Å². The van der Waals surface area contributed by atoms with E-state index in [4.69, 9.17) is 0 Å². The maximum Gasteiger partial charge on any atom is 0.387 e. The summed E-state index contributed by atoms with van der Waals surface area (Å²) in [7, 11) is 0. The highest BCUT2D eigenvalue weighted by Gasteiger charge is 2.06. The molecule has 0 saturated heterocycles. The molecule has 1 heterocycles. The number of rotatable bonds is 5. The highest BCUT2D eigenvalue weighted by Crippen LogP contribution is 2.17. The minimum absolute atomic E-state index is 0.0933. The van der Waals surface area contributed by atoms with Crippen LogP contribution in [0.4, 0.5) is 14.7 Å². The molecule has 2 N–H and O–H groups in total. The number of aromatic nitrogens is 2. The Morgan fingerprint density at radius 3 is 2.83 bits per heavy atom. The second-order valence-corrected chi connectivity index (χ2v) is 4.82. The van der Waals surface area contributed by atoms with E-state index in [0.29, 0.717) is 17.2 Å². The zero-order valence-electron chi connectivity index (χ0n) is 12.3. The van der Waals surface area contributed by atoms with Gasteiger partial charge in [-0.25, -0.2) is 10.4 Å². The quantitative estimate of drug-likeness (QED) is 0.552. The molecule has 3 rings (SSSR count). The molecule has 0 atom stereocenters. The molecule has 0 unspecified atom stereocenters. The van der Waals surface area contributed by atoms with E-state index >= 15 is 0 Å². The number of hydrogen-bond acceptors (Lipinski definition) is 4. The van der Waals surface area contributed by atoms with Gasteiger partial charge in [0.05, 0.1) is 16.7 Å². The van der Waals surface area contributed by atoms with Gasteiger partial charge in [-0.3, -0.25) is 0 Å². The predicted molar refractivity (Wildman–Crippen MR) is 85.0 cm³/mol. The monoisotopic (exact) mass is 316 g/mol. The predicted octanol–water partition coefficient (Wildman–Crippen LogP) is 4.00. The molecular formula is C16H14F2N4O. The Labute approximate surface area is 131 Å². The molecule has 1 aromatic heterocycles. The lowest BCUT2D eigenvalue weighted by atomic mass is 10.1. The summed E-state index contributed by atoms with van der Waals surface area (Å²) in [4.78, 5) is 7.42. The number of H-pyrrole nitrogens is 1. The fourth-order valence-electron chi connectivity index (χ4n) is 2.10. The first kappa shape index (κ1) is 15.0. The molecule has 0 aliphatic heterocycles. The van der Waals surface area contributed by atoms with Crippen molar-refractivity contribution in [2.45, 2.75) is 13.5 Å². The number of ether oxygens (including phenoxy) is 1. The van der Waals surface area contributed by atoms with Crippen LogP contribution in [0.2, 0.25) is 0 Å². The summed E-state index contributed by atoms with van der Waals surface area (Å²) in [5, 5.41) is 4.21. The number of hydrazone groups is 1. The summed E-state index contributed by atoms with van der Waals surface area (Å²) >= 11 is 0. The normalized spacial score (nSPS) is 11.9. The van der Waals surface area contributed by atoms with Gasteiger partial charge in [-0.1, -0.05) is 24.3 Å². The molecule has 0 spiro atoms. The molecule has 5 nitrogen and oxygen atoms in total. The highest BCUT2D eigenvalue weighted by molar-refractivity contribution is 5.99. The van der Waals surface area contributed by atoms with Crippen LogP contribution >= 0.6 is 0 Å². The second kappa shape index (κ2) is 6.43. The van der Waals surface area contributed by atoms with Crippen molar-refractivity contribution in [2.24, 2.45) is 5.10 Å². The van der Waals surface area contributed by atoms with Gasteiger partial charge in [0.1, 0.15) is 5.75 Å². The average molecular weight is 316 g/mol. The maximum absolute atomic E-state index is 12.2. The van der Waals surface area contributed by atoms with Crippen LogP contribution in [-0.2, 0) is 0 Å². The zero-order valence-corrected chi connectivity index (χ0v) is 12.3. The van der Waals surface area contributed by atoms with Crippen molar-refractivity contribution in [3.63, 3.8) is 0 Å². The van der Waals surface area contributed by atoms with Crippen LogP contribution < -0.4 is 10.2 Å². The molecule has 0 aliphatic rings. The molecule has 0 aliphatic carbocycles. The lowest BCUT2D eigenvalue weighted by Crippen LogP contribution is -2.04. The third-order valence-electron chi connectivity index (χ3n) is 3.20. The molecule has 3 aromatic rings. The summed E-state index contributed by atoms with van der Waals surface area (Å²) < 4.78 is 28.9. The zero-order chi connectivity index (χ0) is 16.2. The van der Waals surface area contributed by atoms with Gasteiger partial charge in [-0.15, -0.1) is 0 Å². The Hall–Kier alpha value is -2.96. The lowest BCUT2D eigenvalue weighted by Gasteiger charge is -2.06. The van der Waals surface area contributed by atoms with Crippen molar-refractivity contribution in [3.8, 4) is 5.75 Å². The summed E-state index contributed by atoms with van der Waals surface area (Å²) in [6.45, 7) is -1.09. The van der Waals surface area contributed by atoms with E-state index in [1.807, 2.05) is 24.3 Å². The second-order valence-electron chi connectivity index (χ2n) is 4.82. The number of anilines is 1. The van der Waals surface area contributed by atoms with Gasteiger partial charge in [0.2, 0.25) is 5.95 Å². The van der Waals surface area contributed by atoms with Crippen molar-refractivity contribution < 1.29 is 13.5 Å². The van der Waals surface area contributed by atoms with Crippen molar-refractivity contribution in [1.82, 2.24) is 9.97 Å². The summed E-state index contributed by atoms with van der Waals surface area (Å²) in [6.07, 6.45) is 0. The molecule has 118 valence electrons. The maximum atomic E-state index is 12.2. The number of nitrogens with zero attached hydrogens (tertiary/aromatic N) is 2. The number of alkyl halides is 2.